The number of ether oxygens (including phenoxy) is 1. The number of amides is 1. The molecule has 1 aliphatic heterocycles. The number of pyridine rings is 1. The predicted octanol–water partition coefficient (Wildman–Crippen LogP) is 1.71. The molecule has 8 nitrogen and oxygen atoms in total. The number of methoxy groups -OCH3 is 1. The minimum Gasteiger partial charge on any atom is -0.453 e. The van der Waals surface area contributed by atoms with Crippen LogP contribution in [-0.2, 0) is 4.74 Å². The third-order valence-corrected chi connectivity index (χ3v) is 4.86. The van der Waals surface area contributed by atoms with E-state index in [1.807, 2.05) is 0 Å². The minimum atomic E-state index is -0.291. The molecule has 9 heteroatoms. The van der Waals surface area contributed by atoms with Crippen LogP contribution in [0, 0.1) is 0 Å². The van der Waals surface area contributed by atoms with E-state index in [0.29, 0.717) is 23.8 Å². The smallest absolute Gasteiger partial charge is 0.409 e. The van der Waals surface area contributed by atoms with Gasteiger partial charge in [-0.2, -0.15) is 0 Å². The second-order valence-electron chi connectivity index (χ2n) is 6.14. The summed E-state index contributed by atoms with van der Waals surface area (Å²) < 4.78 is 6.50. The van der Waals surface area contributed by atoms with Crippen LogP contribution in [0.1, 0.15) is 19.4 Å². The Morgan fingerprint density at radius 3 is 2.76 bits per heavy atom. The molecule has 1 amide bonds. The fraction of sp³-hybridized carbons (Fsp3) is 0.562. The topological polar surface area (TPSA) is 83.5 Å². The number of carbonyl (C=O) groups excluding carboxylic acids is 1. The molecule has 136 valence electrons. The number of carbonyl (C=O) groups is 1. The SMILES string of the molecule is CC[C@@H](CN1CCN(C(=O)OC)CC1)n1c(=O)[nH]c2ncc(Cl)cc21. The third kappa shape index (κ3) is 3.64. The fourth-order valence-electron chi connectivity index (χ4n) is 3.28. The maximum absolute atomic E-state index is 12.4. The molecule has 0 bridgehead atoms. The zero-order chi connectivity index (χ0) is 18.0. The molecule has 3 rings (SSSR count). The maximum atomic E-state index is 12.4. The van der Waals surface area contributed by atoms with Crippen molar-refractivity contribution in [3.05, 3.63) is 27.8 Å². The van der Waals surface area contributed by atoms with Crippen molar-refractivity contribution in [3.63, 3.8) is 0 Å². The molecule has 25 heavy (non-hydrogen) atoms. The summed E-state index contributed by atoms with van der Waals surface area (Å²) in [4.78, 5) is 34.9. The van der Waals surface area contributed by atoms with Gasteiger partial charge < -0.3 is 9.64 Å². The Labute approximate surface area is 150 Å². The van der Waals surface area contributed by atoms with Crippen molar-refractivity contribution in [2.45, 2.75) is 19.4 Å². The second kappa shape index (κ2) is 7.45. The number of rotatable bonds is 4. The van der Waals surface area contributed by atoms with E-state index in [0.717, 1.165) is 31.6 Å². The average Bonchev–Trinajstić information content (AvgIpc) is 2.94. The highest BCUT2D eigenvalue weighted by Crippen LogP contribution is 2.21. The van der Waals surface area contributed by atoms with Crippen LogP contribution in [0.4, 0.5) is 4.79 Å². The maximum Gasteiger partial charge on any atom is 0.409 e. The first-order chi connectivity index (χ1) is 12.0. The van der Waals surface area contributed by atoms with Crippen LogP contribution < -0.4 is 5.69 Å². The number of hydrogen-bond donors (Lipinski definition) is 1. The molecular formula is C16H22ClN5O3. The van der Waals surface area contributed by atoms with Gasteiger partial charge in [-0.3, -0.25) is 14.5 Å². The molecule has 0 spiro atoms. The van der Waals surface area contributed by atoms with Crippen LogP contribution >= 0.6 is 11.6 Å². The van der Waals surface area contributed by atoms with Gasteiger partial charge in [-0.25, -0.2) is 14.6 Å². The van der Waals surface area contributed by atoms with Crippen LogP contribution in [-0.4, -0.2) is 70.3 Å². The molecule has 1 aliphatic rings. The largest absolute Gasteiger partial charge is 0.453 e. The van der Waals surface area contributed by atoms with Gasteiger partial charge in [0.05, 0.1) is 23.7 Å². The van der Waals surface area contributed by atoms with Crippen LogP contribution in [0.2, 0.25) is 5.02 Å². The van der Waals surface area contributed by atoms with Gasteiger partial charge >= 0.3 is 11.8 Å². The predicted molar refractivity (Wildman–Crippen MR) is 95.1 cm³/mol. The minimum absolute atomic E-state index is 0.00573. The highest BCUT2D eigenvalue weighted by molar-refractivity contribution is 6.31. The first-order valence-corrected chi connectivity index (χ1v) is 8.72. The lowest BCUT2D eigenvalue weighted by Gasteiger charge is -2.35. The molecule has 0 saturated carbocycles. The van der Waals surface area contributed by atoms with Crippen molar-refractivity contribution in [2.75, 3.05) is 39.8 Å². The van der Waals surface area contributed by atoms with Gasteiger partial charge in [0.2, 0.25) is 0 Å². The number of nitrogens with one attached hydrogen (secondary N) is 1. The van der Waals surface area contributed by atoms with Gasteiger partial charge in [0, 0.05) is 38.9 Å². The van der Waals surface area contributed by atoms with E-state index in [4.69, 9.17) is 16.3 Å². The van der Waals surface area contributed by atoms with E-state index in [-0.39, 0.29) is 17.8 Å². The molecule has 0 aromatic carbocycles. The molecule has 1 N–H and O–H groups in total. The Bertz CT molecular complexity index is 810. The van der Waals surface area contributed by atoms with Crippen molar-refractivity contribution in [2.24, 2.45) is 0 Å². The lowest BCUT2D eigenvalue weighted by atomic mass is 10.2. The van der Waals surface area contributed by atoms with Gasteiger partial charge in [0.25, 0.3) is 0 Å². The molecule has 1 atom stereocenters. The number of hydrogen-bond acceptors (Lipinski definition) is 5. The highest BCUT2D eigenvalue weighted by atomic mass is 35.5. The lowest BCUT2D eigenvalue weighted by molar-refractivity contribution is 0.0859. The molecule has 3 heterocycles. The second-order valence-corrected chi connectivity index (χ2v) is 6.58. The number of imidazole rings is 1. The summed E-state index contributed by atoms with van der Waals surface area (Å²) >= 11 is 6.05. The number of halogens is 1. The Balaban J connectivity index is 1.76. The number of aromatic amines is 1. The van der Waals surface area contributed by atoms with Gasteiger partial charge in [-0.15, -0.1) is 0 Å². The molecule has 0 unspecified atom stereocenters. The summed E-state index contributed by atoms with van der Waals surface area (Å²) in [5.74, 6) is 0. The van der Waals surface area contributed by atoms with Gasteiger partial charge in [0.15, 0.2) is 5.65 Å². The highest BCUT2D eigenvalue weighted by Gasteiger charge is 2.25. The van der Waals surface area contributed by atoms with Crippen LogP contribution in [0.25, 0.3) is 11.2 Å². The average molecular weight is 368 g/mol. The first-order valence-electron chi connectivity index (χ1n) is 8.34. The summed E-state index contributed by atoms with van der Waals surface area (Å²) in [5.41, 5.74) is 1.09. The van der Waals surface area contributed by atoms with Crippen molar-refractivity contribution in [1.29, 1.82) is 0 Å². The van der Waals surface area contributed by atoms with E-state index in [1.54, 1.807) is 15.5 Å². The zero-order valence-corrected chi connectivity index (χ0v) is 15.1. The lowest BCUT2D eigenvalue weighted by Crippen LogP contribution is -2.50. The van der Waals surface area contributed by atoms with E-state index in [9.17, 15) is 9.59 Å². The normalized spacial score (nSPS) is 17.0. The molecule has 0 aliphatic carbocycles. The van der Waals surface area contributed by atoms with E-state index >= 15 is 0 Å². The number of H-pyrrole nitrogens is 1. The van der Waals surface area contributed by atoms with Crippen molar-refractivity contribution in [1.82, 2.24) is 24.3 Å². The number of nitrogens with zero attached hydrogens (tertiary/aromatic N) is 4. The van der Waals surface area contributed by atoms with Crippen LogP contribution in [0.3, 0.4) is 0 Å². The van der Waals surface area contributed by atoms with Gasteiger partial charge in [-0.1, -0.05) is 18.5 Å². The standard InChI is InChI=1S/C16H22ClN5O3/c1-3-12(10-20-4-6-21(7-5-20)16(24)25-2)22-13-8-11(17)9-18-14(13)19-15(22)23/h8-9,12H,3-7,10H2,1-2H3,(H,18,19,23)/t12-/m0/s1. The fourth-order valence-corrected chi connectivity index (χ4v) is 3.43. The Morgan fingerprint density at radius 1 is 1.40 bits per heavy atom. The van der Waals surface area contributed by atoms with Crippen LogP contribution in [0.15, 0.2) is 17.1 Å². The molecule has 2 aromatic rings. The monoisotopic (exact) mass is 367 g/mol. The Morgan fingerprint density at radius 2 is 2.12 bits per heavy atom. The molecule has 1 saturated heterocycles. The Hall–Kier alpha value is -2.06. The van der Waals surface area contributed by atoms with Gasteiger partial charge in [-0.05, 0) is 12.5 Å². The summed E-state index contributed by atoms with van der Waals surface area (Å²) in [5, 5.41) is 0.502. The summed E-state index contributed by atoms with van der Waals surface area (Å²) in [6, 6.07) is 1.77. The first kappa shape index (κ1) is 17.8. The zero-order valence-electron chi connectivity index (χ0n) is 14.4. The van der Waals surface area contributed by atoms with E-state index in [2.05, 4.69) is 21.8 Å². The van der Waals surface area contributed by atoms with Crippen molar-refractivity contribution in [3.8, 4) is 0 Å². The van der Waals surface area contributed by atoms with E-state index in [1.165, 1.54) is 13.3 Å². The molecule has 0 radical (unpaired) electrons. The van der Waals surface area contributed by atoms with Gasteiger partial charge in [0.1, 0.15) is 0 Å². The third-order valence-electron chi connectivity index (χ3n) is 4.65. The van der Waals surface area contributed by atoms with Crippen molar-refractivity contribution >= 4 is 28.9 Å². The van der Waals surface area contributed by atoms with Crippen LogP contribution in [0.5, 0.6) is 0 Å². The van der Waals surface area contributed by atoms with Crippen molar-refractivity contribution < 1.29 is 9.53 Å². The molecule has 2 aromatic heterocycles. The quantitative estimate of drug-likeness (QED) is 0.889. The number of piperazine rings is 1. The summed E-state index contributed by atoms with van der Waals surface area (Å²) in [6.45, 7) is 5.53. The Kier molecular flexibility index (Phi) is 5.29. The number of fused-ring (bicyclic) bond motifs is 1. The molecule has 1 fully saturated rings. The van der Waals surface area contributed by atoms with E-state index < -0.39 is 0 Å². The summed E-state index contributed by atoms with van der Waals surface area (Å²) in [6.07, 6.45) is 2.04. The molecular weight excluding hydrogens is 346 g/mol. The summed E-state index contributed by atoms with van der Waals surface area (Å²) in [7, 11) is 1.39. The number of aromatic nitrogens is 3.